The van der Waals surface area contributed by atoms with Gasteiger partial charge in [-0.2, -0.15) is 0 Å². The van der Waals surface area contributed by atoms with E-state index in [1.54, 1.807) is 0 Å². The maximum absolute atomic E-state index is 11.7. The molecule has 2 rings (SSSR count). The van der Waals surface area contributed by atoms with Crippen LogP contribution in [0.2, 0.25) is 0 Å². The first-order chi connectivity index (χ1) is 10.1. The summed E-state index contributed by atoms with van der Waals surface area (Å²) in [5.41, 5.74) is 1.55. The van der Waals surface area contributed by atoms with Crippen molar-refractivity contribution in [3.63, 3.8) is 0 Å². The Bertz CT molecular complexity index is 550. The number of nitrogens with one attached hydrogen (secondary N) is 1. The molecule has 0 atom stereocenters. The number of carbonyl (C=O) groups is 1. The van der Waals surface area contributed by atoms with E-state index in [-0.39, 0.29) is 12.0 Å². The fraction of sp³-hybridized carbons (Fsp3) is 0.467. The number of hydrogen-bond donors (Lipinski definition) is 1. The average molecular weight is 308 g/mol. The number of carbonyl (C=O) groups excluding carboxylic acids is 1. The van der Waals surface area contributed by atoms with Gasteiger partial charge in [0.2, 0.25) is 5.91 Å². The lowest BCUT2D eigenvalue weighted by atomic mass is 10.3. The van der Waals surface area contributed by atoms with Gasteiger partial charge in [0, 0.05) is 13.2 Å². The molecule has 1 aromatic heterocycles. The topological polar surface area (TPSA) is 64.4 Å². The molecule has 114 valence electrons. The van der Waals surface area contributed by atoms with Crippen LogP contribution in [0.25, 0.3) is 11.1 Å². The Labute approximate surface area is 128 Å². The lowest BCUT2D eigenvalue weighted by Crippen LogP contribution is -2.27. The smallest absolute Gasteiger partial charge is 0.257 e. The molecule has 21 heavy (non-hydrogen) atoms. The Balaban J connectivity index is 1.66. The second kappa shape index (κ2) is 8.05. The van der Waals surface area contributed by atoms with Crippen molar-refractivity contribution in [2.45, 2.75) is 31.6 Å². The highest BCUT2D eigenvalue weighted by molar-refractivity contribution is 7.99. The average Bonchev–Trinajstić information content (AvgIpc) is 2.87. The fourth-order valence-electron chi connectivity index (χ4n) is 1.71. The second-order valence-corrected chi connectivity index (χ2v) is 5.79. The predicted molar refractivity (Wildman–Crippen MR) is 83.4 cm³/mol. The highest BCUT2D eigenvalue weighted by Gasteiger charge is 2.08. The van der Waals surface area contributed by atoms with Crippen LogP contribution >= 0.6 is 11.8 Å². The Morgan fingerprint density at radius 1 is 1.43 bits per heavy atom. The minimum Gasteiger partial charge on any atom is -0.431 e. The molecule has 1 heterocycles. The summed E-state index contributed by atoms with van der Waals surface area (Å²) >= 11 is 1.30. The van der Waals surface area contributed by atoms with Gasteiger partial charge < -0.3 is 14.5 Å². The summed E-state index contributed by atoms with van der Waals surface area (Å²) in [4.78, 5) is 16.0. The number of hydrogen-bond acceptors (Lipinski definition) is 5. The summed E-state index contributed by atoms with van der Waals surface area (Å²) in [6.07, 6.45) is 1.05. The van der Waals surface area contributed by atoms with E-state index in [9.17, 15) is 4.79 Å². The molecule has 5 nitrogen and oxygen atoms in total. The standard InChI is InChI=1S/C15H20N2O3S/c1-11(2)19-9-5-8-16-14(18)10-21-15-17-12-6-3-4-7-13(12)20-15/h3-4,6-7,11H,5,8-10H2,1-2H3,(H,16,18). The van der Waals surface area contributed by atoms with Crippen LogP contribution < -0.4 is 5.32 Å². The van der Waals surface area contributed by atoms with E-state index in [1.165, 1.54) is 11.8 Å². The Morgan fingerprint density at radius 2 is 2.24 bits per heavy atom. The SMILES string of the molecule is CC(C)OCCCNC(=O)CSc1nc2ccccc2o1. The van der Waals surface area contributed by atoms with Crippen molar-refractivity contribution in [2.24, 2.45) is 0 Å². The third-order valence-corrected chi connectivity index (χ3v) is 3.52. The van der Waals surface area contributed by atoms with Gasteiger partial charge in [0.15, 0.2) is 5.58 Å². The summed E-state index contributed by atoms with van der Waals surface area (Å²) < 4.78 is 10.9. The molecule has 0 unspecified atom stereocenters. The van der Waals surface area contributed by atoms with E-state index in [1.807, 2.05) is 38.1 Å². The molecule has 0 aliphatic carbocycles. The van der Waals surface area contributed by atoms with E-state index in [0.29, 0.717) is 24.1 Å². The van der Waals surface area contributed by atoms with Gasteiger partial charge in [0.1, 0.15) is 5.52 Å². The van der Waals surface area contributed by atoms with E-state index < -0.39 is 0 Å². The molecule has 0 spiro atoms. The highest BCUT2D eigenvalue weighted by Crippen LogP contribution is 2.22. The van der Waals surface area contributed by atoms with Crippen LogP contribution in [0, 0.1) is 0 Å². The summed E-state index contributed by atoms with van der Waals surface area (Å²) in [6.45, 7) is 5.28. The lowest BCUT2D eigenvalue weighted by Gasteiger charge is -2.07. The quantitative estimate of drug-likeness (QED) is 0.600. The Morgan fingerprint density at radius 3 is 3.00 bits per heavy atom. The summed E-state index contributed by atoms with van der Waals surface area (Å²) in [6, 6.07) is 7.55. The van der Waals surface area contributed by atoms with Crippen LogP contribution in [0.1, 0.15) is 20.3 Å². The van der Waals surface area contributed by atoms with Crippen LogP contribution in [0.3, 0.4) is 0 Å². The monoisotopic (exact) mass is 308 g/mol. The number of nitrogens with zero attached hydrogens (tertiary/aromatic N) is 1. The zero-order chi connectivity index (χ0) is 15.1. The van der Waals surface area contributed by atoms with Gasteiger partial charge >= 0.3 is 0 Å². The van der Waals surface area contributed by atoms with Crippen molar-refractivity contribution in [2.75, 3.05) is 18.9 Å². The number of para-hydroxylation sites is 2. The maximum Gasteiger partial charge on any atom is 0.257 e. The summed E-state index contributed by atoms with van der Waals surface area (Å²) in [5.74, 6) is 0.282. The van der Waals surface area contributed by atoms with Crippen molar-refractivity contribution in [1.29, 1.82) is 0 Å². The third kappa shape index (κ3) is 5.40. The van der Waals surface area contributed by atoms with Crippen molar-refractivity contribution in [1.82, 2.24) is 10.3 Å². The van der Waals surface area contributed by atoms with E-state index in [2.05, 4.69) is 10.3 Å². The van der Waals surface area contributed by atoms with Gasteiger partial charge in [-0.25, -0.2) is 4.98 Å². The maximum atomic E-state index is 11.7. The first-order valence-electron chi connectivity index (χ1n) is 7.02. The number of ether oxygens (including phenoxy) is 1. The number of rotatable bonds is 8. The number of oxazole rings is 1. The van der Waals surface area contributed by atoms with Gasteiger partial charge in [-0.05, 0) is 32.4 Å². The zero-order valence-corrected chi connectivity index (χ0v) is 13.1. The van der Waals surface area contributed by atoms with Crippen LogP contribution in [0.4, 0.5) is 0 Å². The highest BCUT2D eigenvalue weighted by atomic mass is 32.2. The molecule has 0 fully saturated rings. The van der Waals surface area contributed by atoms with Crippen molar-refractivity contribution in [3.05, 3.63) is 24.3 Å². The predicted octanol–water partition coefficient (Wildman–Crippen LogP) is 2.85. The molecule has 0 radical (unpaired) electrons. The second-order valence-electron chi connectivity index (χ2n) is 4.86. The summed E-state index contributed by atoms with van der Waals surface area (Å²) in [7, 11) is 0. The van der Waals surface area contributed by atoms with Crippen molar-refractivity contribution in [3.8, 4) is 0 Å². The number of benzene rings is 1. The summed E-state index contributed by atoms with van der Waals surface area (Å²) in [5, 5.41) is 3.37. The number of aromatic nitrogens is 1. The number of thioether (sulfide) groups is 1. The van der Waals surface area contributed by atoms with E-state index >= 15 is 0 Å². The van der Waals surface area contributed by atoms with Gasteiger partial charge in [-0.1, -0.05) is 23.9 Å². The molecule has 0 aliphatic heterocycles. The minimum absolute atomic E-state index is 0.0215. The van der Waals surface area contributed by atoms with Crippen LogP contribution in [0.5, 0.6) is 0 Å². The lowest BCUT2D eigenvalue weighted by molar-refractivity contribution is -0.118. The molecule has 0 saturated heterocycles. The molecule has 1 aromatic carbocycles. The number of fused-ring (bicyclic) bond motifs is 1. The molecular weight excluding hydrogens is 288 g/mol. The largest absolute Gasteiger partial charge is 0.431 e. The normalized spacial score (nSPS) is 11.2. The van der Waals surface area contributed by atoms with Crippen molar-refractivity contribution >= 4 is 28.8 Å². The van der Waals surface area contributed by atoms with Gasteiger partial charge in [0.05, 0.1) is 11.9 Å². The molecule has 0 aliphatic rings. The van der Waals surface area contributed by atoms with Crippen LogP contribution in [0.15, 0.2) is 33.9 Å². The fourth-order valence-corrected chi connectivity index (χ4v) is 2.38. The molecular formula is C15H20N2O3S. The minimum atomic E-state index is -0.0215. The number of amides is 1. The molecule has 6 heteroatoms. The molecule has 1 amide bonds. The first kappa shape index (κ1) is 15.9. The molecule has 1 N–H and O–H groups in total. The zero-order valence-electron chi connectivity index (χ0n) is 12.3. The van der Waals surface area contributed by atoms with E-state index in [0.717, 1.165) is 17.5 Å². The molecule has 0 saturated carbocycles. The van der Waals surface area contributed by atoms with E-state index in [4.69, 9.17) is 9.15 Å². The Kier molecular flexibility index (Phi) is 6.07. The van der Waals surface area contributed by atoms with Crippen LogP contribution in [-0.4, -0.2) is 35.9 Å². The third-order valence-electron chi connectivity index (χ3n) is 2.70. The Hall–Kier alpha value is -1.53. The van der Waals surface area contributed by atoms with Crippen molar-refractivity contribution < 1.29 is 13.9 Å². The van der Waals surface area contributed by atoms with Gasteiger partial charge in [-0.15, -0.1) is 0 Å². The van der Waals surface area contributed by atoms with Gasteiger partial charge in [0.25, 0.3) is 5.22 Å². The first-order valence-corrected chi connectivity index (χ1v) is 8.00. The van der Waals surface area contributed by atoms with Crippen LogP contribution in [-0.2, 0) is 9.53 Å². The molecule has 2 aromatic rings. The van der Waals surface area contributed by atoms with Gasteiger partial charge in [-0.3, -0.25) is 4.79 Å². The molecule has 0 bridgehead atoms.